The van der Waals surface area contributed by atoms with Crippen molar-refractivity contribution < 1.29 is 14.3 Å². The van der Waals surface area contributed by atoms with Crippen LogP contribution in [0.15, 0.2) is 42.6 Å². The first-order valence-corrected chi connectivity index (χ1v) is 13.1. The van der Waals surface area contributed by atoms with Crippen LogP contribution in [0.2, 0.25) is 5.02 Å². The van der Waals surface area contributed by atoms with E-state index in [1.807, 2.05) is 30.5 Å². The lowest BCUT2D eigenvalue weighted by Gasteiger charge is -2.32. The summed E-state index contributed by atoms with van der Waals surface area (Å²) in [7, 11) is 1.51. The van der Waals surface area contributed by atoms with Gasteiger partial charge in [0.2, 0.25) is 0 Å². The van der Waals surface area contributed by atoms with Gasteiger partial charge in [0.1, 0.15) is 5.75 Å². The molecular formula is C28H35ClN4O3. The first-order chi connectivity index (χ1) is 17.5. The number of piperidine rings is 1. The summed E-state index contributed by atoms with van der Waals surface area (Å²) in [6, 6.07) is 11.1. The molecule has 0 saturated carbocycles. The maximum atomic E-state index is 12.7. The first kappa shape index (κ1) is 26.0. The number of benzene rings is 2. The Labute approximate surface area is 217 Å². The number of anilines is 1. The van der Waals surface area contributed by atoms with Gasteiger partial charge in [-0.25, -0.2) is 0 Å². The van der Waals surface area contributed by atoms with Gasteiger partial charge < -0.3 is 25.7 Å². The number of para-hydroxylation sites is 1. The molecule has 7 nitrogen and oxygen atoms in total. The monoisotopic (exact) mass is 510 g/mol. The molecule has 0 radical (unpaired) electrons. The highest BCUT2D eigenvalue weighted by Crippen LogP contribution is 2.29. The molecule has 2 heterocycles. The number of nitrogens with one attached hydrogen (secondary N) is 2. The van der Waals surface area contributed by atoms with Crippen LogP contribution in [0.5, 0.6) is 5.75 Å². The van der Waals surface area contributed by atoms with Crippen molar-refractivity contribution in [3.8, 4) is 5.75 Å². The van der Waals surface area contributed by atoms with Crippen LogP contribution in [0.1, 0.15) is 59.2 Å². The Kier molecular flexibility index (Phi) is 8.88. The molecule has 1 saturated heterocycles. The van der Waals surface area contributed by atoms with Gasteiger partial charge in [-0.3, -0.25) is 9.59 Å². The van der Waals surface area contributed by atoms with Crippen molar-refractivity contribution >= 4 is 39.9 Å². The van der Waals surface area contributed by atoms with Crippen LogP contribution < -0.4 is 15.8 Å². The molecule has 8 heteroatoms. The summed E-state index contributed by atoms with van der Waals surface area (Å²) in [6.45, 7) is 3.76. The Morgan fingerprint density at radius 1 is 1.14 bits per heavy atom. The highest BCUT2D eigenvalue weighted by atomic mass is 35.5. The van der Waals surface area contributed by atoms with E-state index in [1.54, 1.807) is 12.1 Å². The van der Waals surface area contributed by atoms with Gasteiger partial charge in [-0.1, -0.05) is 36.2 Å². The largest absolute Gasteiger partial charge is 0.496 e. The number of aromatic amines is 1. The lowest BCUT2D eigenvalue weighted by atomic mass is 9.96. The van der Waals surface area contributed by atoms with Crippen molar-refractivity contribution in [1.82, 2.24) is 15.2 Å². The van der Waals surface area contributed by atoms with Crippen LogP contribution in [0, 0.1) is 5.92 Å². The quantitative estimate of drug-likeness (QED) is 0.185. The number of methoxy groups -OCH3 is 1. The van der Waals surface area contributed by atoms with Gasteiger partial charge in [-0.15, -0.1) is 0 Å². The third-order valence-electron chi connectivity index (χ3n) is 7.09. The number of likely N-dealkylation sites (tertiary alicyclic amines) is 1. The lowest BCUT2D eigenvalue weighted by Crippen LogP contribution is -2.39. The number of rotatable bonds is 11. The number of ether oxygens (including phenoxy) is 1. The van der Waals surface area contributed by atoms with Crippen LogP contribution >= 0.6 is 11.6 Å². The number of fused-ring (bicyclic) bond motifs is 1. The molecule has 0 unspecified atom stereocenters. The van der Waals surface area contributed by atoms with Gasteiger partial charge in [-0.2, -0.15) is 0 Å². The highest BCUT2D eigenvalue weighted by molar-refractivity contribution is 6.33. The number of nitrogens with zero attached hydrogens (tertiary/aromatic N) is 1. The van der Waals surface area contributed by atoms with Gasteiger partial charge >= 0.3 is 0 Å². The summed E-state index contributed by atoms with van der Waals surface area (Å²) in [5.41, 5.74) is 8.41. The number of halogens is 1. The van der Waals surface area contributed by atoms with Crippen molar-refractivity contribution in [1.29, 1.82) is 0 Å². The molecule has 4 N–H and O–H groups in total. The SMILES string of the molecule is COc1cc(N)c(Cl)cc1C(=O)NCC1CCN(CCCCCC(=O)c2c[nH]c3ccccc23)CC1. The van der Waals surface area contributed by atoms with Gasteiger partial charge in [0.25, 0.3) is 5.91 Å². The number of hydrogen-bond acceptors (Lipinski definition) is 5. The molecule has 0 aliphatic carbocycles. The van der Waals surface area contributed by atoms with Gasteiger partial charge in [0.05, 0.1) is 23.4 Å². The van der Waals surface area contributed by atoms with Gasteiger partial charge in [0.15, 0.2) is 5.78 Å². The van der Waals surface area contributed by atoms with E-state index >= 15 is 0 Å². The average molecular weight is 511 g/mol. The molecule has 0 bridgehead atoms. The van der Waals surface area contributed by atoms with Crippen LogP contribution in [-0.4, -0.2) is 54.9 Å². The molecule has 3 aromatic rings. The molecule has 1 aliphatic rings. The number of nitrogens with two attached hydrogens (primary N) is 1. The minimum absolute atomic E-state index is 0.196. The second kappa shape index (κ2) is 12.3. The summed E-state index contributed by atoms with van der Waals surface area (Å²) in [5, 5.41) is 4.38. The Balaban J connectivity index is 1.12. The van der Waals surface area contributed by atoms with Crippen LogP contribution in [-0.2, 0) is 0 Å². The van der Waals surface area contributed by atoms with E-state index in [1.165, 1.54) is 7.11 Å². The predicted molar refractivity (Wildman–Crippen MR) is 145 cm³/mol. The molecular weight excluding hydrogens is 476 g/mol. The molecule has 0 spiro atoms. The van der Waals surface area contributed by atoms with Crippen LogP contribution in [0.4, 0.5) is 5.69 Å². The number of carbonyl (C=O) groups is 2. The minimum atomic E-state index is -0.196. The number of hydrogen-bond donors (Lipinski definition) is 3. The molecule has 2 aromatic carbocycles. The van der Waals surface area contributed by atoms with Crippen LogP contribution in [0.3, 0.4) is 0 Å². The maximum Gasteiger partial charge on any atom is 0.255 e. The summed E-state index contributed by atoms with van der Waals surface area (Å²) >= 11 is 6.09. The van der Waals surface area contributed by atoms with E-state index in [4.69, 9.17) is 22.1 Å². The molecule has 1 fully saturated rings. The fraction of sp³-hybridized carbons (Fsp3) is 0.429. The second-order valence-electron chi connectivity index (χ2n) is 9.55. The zero-order valence-corrected chi connectivity index (χ0v) is 21.6. The number of ketones is 1. The molecule has 0 atom stereocenters. The van der Waals surface area contributed by atoms with Crippen molar-refractivity contribution in [3.05, 3.63) is 58.7 Å². The average Bonchev–Trinajstić information content (AvgIpc) is 3.33. The summed E-state index contributed by atoms with van der Waals surface area (Å²) in [4.78, 5) is 30.9. The van der Waals surface area contributed by atoms with Crippen molar-refractivity contribution in [2.75, 3.05) is 39.0 Å². The van der Waals surface area contributed by atoms with E-state index in [0.717, 1.165) is 68.2 Å². The molecule has 36 heavy (non-hydrogen) atoms. The minimum Gasteiger partial charge on any atom is -0.496 e. The van der Waals surface area contributed by atoms with Gasteiger partial charge in [0, 0.05) is 41.7 Å². The van der Waals surface area contributed by atoms with Crippen molar-refractivity contribution in [2.45, 2.75) is 38.5 Å². The smallest absolute Gasteiger partial charge is 0.255 e. The van der Waals surface area contributed by atoms with E-state index in [9.17, 15) is 9.59 Å². The van der Waals surface area contributed by atoms with E-state index in [-0.39, 0.29) is 11.7 Å². The molecule has 1 aromatic heterocycles. The van der Waals surface area contributed by atoms with Crippen molar-refractivity contribution in [2.24, 2.45) is 5.92 Å². The zero-order valence-electron chi connectivity index (χ0n) is 20.8. The van der Waals surface area contributed by atoms with E-state index in [0.29, 0.717) is 40.9 Å². The van der Waals surface area contributed by atoms with Crippen molar-refractivity contribution in [3.63, 3.8) is 0 Å². The van der Waals surface area contributed by atoms with E-state index < -0.39 is 0 Å². The summed E-state index contributed by atoms with van der Waals surface area (Å²) < 4.78 is 5.29. The third-order valence-corrected chi connectivity index (χ3v) is 7.42. The predicted octanol–water partition coefficient (Wildman–Crippen LogP) is 5.30. The topological polar surface area (TPSA) is 100 Å². The lowest BCUT2D eigenvalue weighted by molar-refractivity contribution is 0.0932. The number of nitrogen functional groups attached to an aromatic ring is 1. The highest BCUT2D eigenvalue weighted by Gasteiger charge is 2.21. The Hall–Kier alpha value is -3.03. The number of amides is 1. The zero-order chi connectivity index (χ0) is 25.5. The standard InChI is InChI=1S/C28H35ClN4O3/c1-36-27-16-24(30)23(29)15-21(27)28(35)32-17-19-10-13-33(14-11-19)12-6-2-3-9-26(34)22-18-31-25-8-5-4-7-20(22)25/h4-5,7-8,15-16,18-19,31H,2-3,6,9-14,17,30H2,1H3,(H,32,35). The Bertz CT molecular complexity index is 1200. The number of carbonyl (C=O) groups excluding carboxylic acids is 2. The van der Waals surface area contributed by atoms with Gasteiger partial charge in [-0.05, 0) is 63.4 Å². The Morgan fingerprint density at radius 2 is 1.92 bits per heavy atom. The molecule has 1 aliphatic heterocycles. The molecule has 4 rings (SSSR count). The third kappa shape index (κ3) is 6.39. The molecule has 1 amide bonds. The van der Waals surface area contributed by atoms with E-state index in [2.05, 4.69) is 15.2 Å². The Morgan fingerprint density at radius 3 is 2.69 bits per heavy atom. The number of Topliss-reactive ketones (excluding diaryl/α,β-unsaturated/α-hetero) is 1. The number of unbranched alkanes of at least 4 members (excludes halogenated alkanes) is 2. The number of aromatic nitrogens is 1. The fourth-order valence-electron chi connectivity index (χ4n) is 4.90. The van der Waals surface area contributed by atoms with Crippen LogP contribution in [0.25, 0.3) is 10.9 Å². The second-order valence-corrected chi connectivity index (χ2v) is 9.96. The maximum absolute atomic E-state index is 12.7. The summed E-state index contributed by atoms with van der Waals surface area (Å²) in [5.74, 6) is 0.897. The normalized spacial score (nSPS) is 14.7. The molecule has 192 valence electrons. The fourth-order valence-corrected chi connectivity index (χ4v) is 5.06. The summed E-state index contributed by atoms with van der Waals surface area (Å²) in [6.07, 6.45) is 7.60. The first-order valence-electron chi connectivity index (χ1n) is 12.7. The number of H-pyrrole nitrogens is 1.